The van der Waals surface area contributed by atoms with Crippen molar-refractivity contribution < 1.29 is 4.43 Å². The zero-order valence-corrected chi connectivity index (χ0v) is 13.7. The monoisotopic (exact) mass is 270 g/mol. The van der Waals surface area contributed by atoms with E-state index in [1.165, 1.54) is 0 Å². The molecular formula is C14H23ClOSi. The first kappa shape index (κ1) is 14.6. The molecule has 0 aliphatic rings. The Bertz CT molecular complexity index is 419. The van der Waals surface area contributed by atoms with Crippen LogP contribution < -0.4 is 4.43 Å². The largest absolute Gasteiger partial charge is 0.543 e. The van der Waals surface area contributed by atoms with Crippen LogP contribution in [0.5, 0.6) is 5.75 Å². The summed E-state index contributed by atoms with van der Waals surface area (Å²) in [7, 11) is -1.76. The Labute approximate surface area is 111 Å². The second-order valence-electron chi connectivity index (χ2n) is 6.23. The van der Waals surface area contributed by atoms with Gasteiger partial charge < -0.3 is 4.43 Å². The molecule has 0 fully saturated rings. The number of hydrogen-bond donors (Lipinski definition) is 0. The van der Waals surface area contributed by atoms with Gasteiger partial charge in [-0.2, -0.15) is 0 Å². The van der Waals surface area contributed by atoms with Crippen LogP contribution in [0, 0.1) is 13.8 Å². The van der Waals surface area contributed by atoms with Gasteiger partial charge in [-0.15, -0.1) is 0 Å². The molecule has 0 saturated carbocycles. The van der Waals surface area contributed by atoms with Gasteiger partial charge in [0, 0.05) is 5.02 Å². The molecular weight excluding hydrogens is 248 g/mol. The second-order valence-corrected chi connectivity index (χ2v) is 11.4. The molecule has 0 aliphatic heterocycles. The van der Waals surface area contributed by atoms with E-state index in [1.807, 2.05) is 19.9 Å². The number of hydrogen-bond acceptors (Lipinski definition) is 1. The highest BCUT2D eigenvalue weighted by Crippen LogP contribution is 2.38. The first-order valence-electron chi connectivity index (χ1n) is 6.00. The topological polar surface area (TPSA) is 9.23 Å². The first-order valence-corrected chi connectivity index (χ1v) is 9.29. The van der Waals surface area contributed by atoms with E-state index in [0.29, 0.717) is 0 Å². The van der Waals surface area contributed by atoms with Crippen LogP contribution in [0.25, 0.3) is 0 Å². The molecule has 1 rings (SSSR count). The average Bonchev–Trinajstić information content (AvgIpc) is 2.12. The maximum absolute atomic E-state index is 6.31. The summed E-state index contributed by atoms with van der Waals surface area (Å²) in [4.78, 5) is 0. The molecule has 1 aromatic rings. The fourth-order valence-corrected chi connectivity index (χ4v) is 2.59. The van der Waals surface area contributed by atoms with Gasteiger partial charge >= 0.3 is 0 Å². The van der Waals surface area contributed by atoms with Crippen molar-refractivity contribution >= 4 is 19.9 Å². The quantitative estimate of drug-likeness (QED) is 0.659. The third-order valence-electron chi connectivity index (χ3n) is 3.63. The van der Waals surface area contributed by atoms with Crippen LogP contribution in [0.4, 0.5) is 0 Å². The SMILES string of the molecule is Cc1cc(O[Si](C)(C)C(C)(C)C)c(C)cc1Cl. The fraction of sp³-hybridized carbons (Fsp3) is 0.571. The summed E-state index contributed by atoms with van der Waals surface area (Å²) in [6.07, 6.45) is 0. The summed E-state index contributed by atoms with van der Waals surface area (Å²) in [6, 6.07) is 4.04. The molecule has 0 amide bonds. The Hall–Kier alpha value is -0.473. The number of benzene rings is 1. The van der Waals surface area contributed by atoms with Crippen LogP contribution in [-0.4, -0.2) is 8.32 Å². The summed E-state index contributed by atoms with van der Waals surface area (Å²) in [5.41, 5.74) is 2.19. The van der Waals surface area contributed by atoms with Crippen molar-refractivity contribution in [2.75, 3.05) is 0 Å². The van der Waals surface area contributed by atoms with Gasteiger partial charge in [0.05, 0.1) is 0 Å². The van der Waals surface area contributed by atoms with Crippen LogP contribution in [0.3, 0.4) is 0 Å². The second kappa shape index (κ2) is 4.66. The molecule has 17 heavy (non-hydrogen) atoms. The van der Waals surface area contributed by atoms with E-state index < -0.39 is 8.32 Å². The van der Waals surface area contributed by atoms with Gasteiger partial charge in [0.25, 0.3) is 0 Å². The van der Waals surface area contributed by atoms with Crippen molar-refractivity contribution in [3.8, 4) is 5.75 Å². The predicted octanol–water partition coefficient (Wildman–Crippen LogP) is 5.34. The normalized spacial score (nSPS) is 12.7. The van der Waals surface area contributed by atoms with Gasteiger partial charge in [0.1, 0.15) is 5.75 Å². The Morgan fingerprint density at radius 2 is 1.59 bits per heavy atom. The molecule has 0 saturated heterocycles. The maximum Gasteiger partial charge on any atom is 0.250 e. The molecule has 0 atom stereocenters. The average molecular weight is 271 g/mol. The maximum atomic E-state index is 6.31. The summed E-state index contributed by atoms with van der Waals surface area (Å²) in [6.45, 7) is 15.3. The molecule has 0 N–H and O–H groups in total. The predicted molar refractivity (Wildman–Crippen MR) is 78.8 cm³/mol. The molecule has 0 aromatic heterocycles. The molecule has 0 bridgehead atoms. The minimum Gasteiger partial charge on any atom is -0.543 e. The van der Waals surface area contributed by atoms with Crippen molar-refractivity contribution in [3.63, 3.8) is 0 Å². The fourth-order valence-electron chi connectivity index (χ4n) is 1.29. The van der Waals surface area contributed by atoms with Crippen LogP contribution in [-0.2, 0) is 0 Å². The highest BCUT2D eigenvalue weighted by molar-refractivity contribution is 6.74. The number of aryl methyl sites for hydroxylation is 2. The highest BCUT2D eigenvalue weighted by Gasteiger charge is 2.39. The Balaban J connectivity index is 3.08. The van der Waals surface area contributed by atoms with Crippen molar-refractivity contribution in [1.29, 1.82) is 0 Å². The summed E-state index contributed by atoms with van der Waals surface area (Å²) in [5, 5.41) is 1.03. The minimum absolute atomic E-state index is 0.215. The van der Waals surface area contributed by atoms with Gasteiger partial charge in [0.2, 0.25) is 8.32 Å². The lowest BCUT2D eigenvalue weighted by atomic mass is 10.1. The molecule has 0 heterocycles. The van der Waals surface area contributed by atoms with Gasteiger partial charge in [-0.1, -0.05) is 32.4 Å². The summed E-state index contributed by atoms with van der Waals surface area (Å²) >= 11 is 6.10. The molecule has 1 aromatic carbocycles. The van der Waals surface area contributed by atoms with E-state index in [-0.39, 0.29) is 5.04 Å². The van der Waals surface area contributed by atoms with Crippen LogP contribution in [0.1, 0.15) is 31.9 Å². The third kappa shape index (κ3) is 3.26. The zero-order chi connectivity index (χ0) is 13.4. The molecule has 0 radical (unpaired) electrons. The van der Waals surface area contributed by atoms with E-state index in [0.717, 1.165) is 21.9 Å². The minimum atomic E-state index is -1.76. The van der Waals surface area contributed by atoms with Crippen molar-refractivity contribution in [2.45, 2.75) is 52.8 Å². The lowest BCUT2D eigenvalue weighted by molar-refractivity contribution is 0.489. The number of halogens is 1. The lowest BCUT2D eigenvalue weighted by Gasteiger charge is -2.37. The molecule has 96 valence electrons. The standard InChI is InChI=1S/C14H23ClOSi/c1-10-9-13(11(2)8-12(10)15)16-17(6,7)14(3,4)5/h8-9H,1-7H3. The molecule has 3 heteroatoms. The molecule has 1 nitrogen and oxygen atoms in total. The first-order chi connectivity index (χ1) is 7.54. The smallest absolute Gasteiger partial charge is 0.250 e. The van der Waals surface area contributed by atoms with Crippen molar-refractivity contribution in [3.05, 3.63) is 28.3 Å². The van der Waals surface area contributed by atoms with Gasteiger partial charge in [-0.05, 0) is 55.2 Å². The van der Waals surface area contributed by atoms with Gasteiger partial charge in [-0.3, -0.25) is 0 Å². The Morgan fingerprint density at radius 1 is 1.06 bits per heavy atom. The molecule has 0 aliphatic carbocycles. The van der Waals surface area contributed by atoms with E-state index in [2.05, 4.69) is 39.9 Å². The number of rotatable bonds is 2. The zero-order valence-electron chi connectivity index (χ0n) is 11.9. The summed E-state index contributed by atoms with van der Waals surface area (Å²) in [5.74, 6) is 0.985. The van der Waals surface area contributed by atoms with Crippen LogP contribution in [0.2, 0.25) is 23.2 Å². The van der Waals surface area contributed by atoms with E-state index in [1.54, 1.807) is 0 Å². The third-order valence-corrected chi connectivity index (χ3v) is 8.38. The van der Waals surface area contributed by atoms with E-state index >= 15 is 0 Å². The van der Waals surface area contributed by atoms with E-state index in [4.69, 9.17) is 16.0 Å². The summed E-state index contributed by atoms with van der Waals surface area (Å²) < 4.78 is 6.31. The highest BCUT2D eigenvalue weighted by atomic mass is 35.5. The van der Waals surface area contributed by atoms with Crippen molar-refractivity contribution in [1.82, 2.24) is 0 Å². The Morgan fingerprint density at radius 3 is 2.06 bits per heavy atom. The lowest BCUT2D eigenvalue weighted by Crippen LogP contribution is -2.44. The molecule has 0 unspecified atom stereocenters. The Kier molecular flexibility index (Phi) is 4.00. The van der Waals surface area contributed by atoms with E-state index in [9.17, 15) is 0 Å². The van der Waals surface area contributed by atoms with Crippen molar-refractivity contribution in [2.24, 2.45) is 0 Å². The van der Waals surface area contributed by atoms with Crippen LogP contribution in [0.15, 0.2) is 12.1 Å². The van der Waals surface area contributed by atoms with Crippen LogP contribution >= 0.6 is 11.6 Å². The van der Waals surface area contributed by atoms with Gasteiger partial charge in [-0.25, -0.2) is 0 Å². The van der Waals surface area contributed by atoms with Gasteiger partial charge in [0.15, 0.2) is 0 Å². The molecule has 0 spiro atoms.